The summed E-state index contributed by atoms with van der Waals surface area (Å²) in [6.45, 7) is 8.37. The van der Waals surface area contributed by atoms with Gasteiger partial charge in [0.15, 0.2) is 10.4 Å². The topological polar surface area (TPSA) is 46.5 Å². The van der Waals surface area contributed by atoms with Crippen molar-refractivity contribution in [1.82, 2.24) is 19.5 Å². The number of imidazole rings is 1. The number of nitrogens with zero attached hydrogens (tertiary/aromatic N) is 3. The molecule has 0 aliphatic rings. The van der Waals surface area contributed by atoms with Gasteiger partial charge in [-0.15, -0.1) is 0 Å². The van der Waals surface area contributed by atoms with E-state index in [4.69, 9.17) is 12.2 Å². The summed E-state index contributed by atoms with van der Waals surface area (Å²) >= 11 is 5.28. The van der Waals surface area contributed by atoms with Crippen LogP contribution in [-0.4, -0.2) is 19.5 Å². The Labute approximate surface area is 99.7 Å². The fourth-order valence-electron chi connectivity index (χ4n) is 1.69. The molecule has 0 saturated carbocycles. The molecule has 0 unspecified atom stereocenters. The lowest BCUT2D eigenvalue weighted by atomic mass is 10.2. The van der Waals surface area contributed by atoms with Gasteiger partial charge in [0, 0.05) is 12.0 Å². The highest BCUT2D eigenvalue weighted by Gasteiger charge is 2.11. The first-order valence-corrected chi connectivity index (χ1v) is 5.88. The average Bonchev–Trinajstić information content (AvgIpc) is 2.51. The molecule has 1 N–H and O–H groups in total. The molecule has 0 aliphatic heterocycles. The summed E-state index contributed by atoms with van der Waals surface area (Å²) in [5.74, 6) is 1.18. The maximum Gasteiger partial charge on any atom is 0.179 e. The van der Waals surface area contributed by atoms with Gasteiger partial charge in [0.25, 0.3) is 0 Å². The van der Waals surface area contributed by atoms with E-state index in [0.717, 1.165) is 17.0 Å². The number of nitrogens with one attached hydrogen (secondary N) is 1. The lowest BCUT2D eigenvalue weighted by Crippen LogP contribution is -2.04. The smallest absolute Gasteiger partial charge is 0.179 e. The van der Waals surface area contributed by atoms with Crippen LogP contribution in [0.15, 0.2) is 6.20 Å². The van der Waals surface area contributed by atoms with Gasteiger partial charge in [-0.3, -0.25) is 4.57 Å². The standard InChI is InChI=1S/C11H16N4S/c1-6(2)9-12-5-8-10(14-9)15(7(3)4)11(16)13-8/h5-7H,1-4H3,(H,13,16). The molecule has 0 radical (unpaired) electrons. The second-order valence-corrected chi connectivity index (χ2v) is 4.90. The van der Waals surface area contributed by atoms with E-state index in [0.29, 0.717) is 16.7 Å². The minimum atomic E-state index is 0.302. The van der Waals surface area contributed by atoms with E-state index >= 15 is 0 Å². The van der Waals surface area contributed by atoms with Crippen LogP contribution < -0.4 is 0 Å². The first kappa shape index (κ1) is 11.3. The van der Waals surface area contributed by atoms with Gasteiger partial charge in [0.05, 0.1) is 6.20 Å². The zero-order valence-corrected chi connectivity index (χ0v) is 10.8. The predicted molar refractivity (Wildman–Crippen MR) is 67.2 cm³/mol. The van der Waals surface area contributed by atoms with Crippen molar-refractivity contribution < 1.29 is 0 Å². The van der Waals surface area contributed by atoms with Crippen LogP contribution in [0.4, 0.5) is 0 Å². The molecule has 2 aromatic heterocycles. The average molecular weight is 236 g/mol. The van der Waals surface area contributed by atoms with E-state index in [1.807, 2.05) is 10.8 Å². The highest BCUT2D eigenvalue weighted by Crippen LogP contribution is 2.18. The zero-order valence-electron chi connectivity index (χ0n) is 9.98. The molecule has 16 heavy (non-hydrogen) atoms. The Morgan fingerprint density at radius 1 is 1.31 bits per heavy atom. The molecule has 0 bridgehead atoms. The fourth-order valence-corrected chi connectivity index (χ4v) is 2.09. The van der Waals surface area contributed by atoms with Crippen LogP contribution in [0.2, 0.25) is 0 Å². The lowest BCUT2D eigenvalue weighted by molar-refractivity contribution is 0.603. The van der Waals surface area contributed by atoms with Crippen molar-refractivity contribution in [1.29, 1.82) is 0 Å². The number of rotatable bonds is 2. The van der Waals surface area contributed by atoms with Gasteiger partial charge in [-0.25, -0.2) is 9.97 Å². The molecule has 0 saturated heterocycles. The summed E-state index contributed by atoms with van der Waals surface area (Å²) in [4.78, 5) is 12.0. The van der Waals surface area contributed by atoms with Crippen LogP contribution in [-0.2, 0) is 0 Å². The van der Waals surface area contributed by atoms with Gasteiger partial charge in [0.1, 0.15) is 11.3 Å². The Kier molecular flexibility index (Phi) is 2.80. The van der Waals surface area contributed by atoms with Crippen LogP contribution in [0.5, 0.6) is 0 Å². The third kappa shape index (κ3) is 1.75. The number of H-pyrrole nitrogens is 1. The van der Waals surface area contributed by atoms with Gasteiger partial charge < -0.3 is 4.98 Å². The molecule has 4 nitrogen and oxygen atoms in total. The first-order valence-electron chi connectivity index (χ1n) is 5.48. The largest absolute Gasteiger partial charge is 0.328 e. The quantitative estimate of drug-likeness (QED) is 0.814. The Morgan fingerprint density at radius 3 is 2.56 bits per heavy atom. The maximum atomic E-state index is 5.28. The van der Waals surface area contributed by atoms with Gasteiger partial charge in [0.2, 0.25) is 0 Å². The number of aromatic nitrogens is 4. The maximum absolute atomic E-state index is 5.28. The molecule has 2 rings (SSSR count). The molecular formula is C11H16N4S. The minimum Gasteiger partial charge on any atom is -0.328 e. The van der Waals surface area contributed by atoms with Crippen molar-refractivity contribution in [3.05, 3.63) is 16.8 Å². The van der Waals surface area contributed by atoms with Crippen molar-refractivity contribution >= 4 is 23.4 Å². The summed E-state index contributed by atoms with van der Waals surface area (Å²) in [6.07, 6.45) is 1.81. The third-order valence-electron chi connectivity index (χ3n) is 2.51. The molecule has 2 heterocycles. The van der Waals surface area contributed by atoms with Gasteiger partial charge in [-0.05, 0) is 26.1 Å². The molecule has 0 amide bonds. The van der Waals surface area contributed by atoms with Crippen molar-refractivity contribution in [2.45, 2.75) is 39.7 Å². The number of aromatic amines is 1. The van der Waals surface area contributed by atoms with Crippen LogP contribution in [0.3, 0.4) is 0 Å². The molecular weight excluding hydrogens is 220 g/mol. The van der Waals surface area contributed by atoms with E-state index in [2.05, 4.69) is 42.6 Å². The molecule has 86 valence electrons. The minimum absolute atomic E-state index is 0.302. The lowest BCUT2D eigenvalue weighted by Gasteiger charge is -2.08. The summed E-state index contributed by atoms with van der Waals surface area (Å²) in [7, 11) is 0. The number of fused-ring (bicyclic) bond motifs is 1. The molecule has 2 aromatic rings. The van der Waals surface area contributed by atoms with E-state index in [1.165, 1.54) is 0 Å². The Balaban J connectivity index is 2.75. The van der Waals surface area contributed by atoms with Crippen LogP contribution >= 0.6 is 12.2 Å². The predicted octanol–water partition coefficient (Wildman–Crippen LogP) is 3.19. The Bertz CT molecular complexity index is 565. The molecule has 5 heteroatoms. The van der Waals surface area contributed by atoms with E-state index in [-0.39, 0.29) is 0 Å². The van der Waals surface area contributed by atoms with Crippen molar-refractivity contribution in [3.63, 3.8) is 0 Å². The van der Waals surface area contributed by atoms with E-state index in [9.17, 15) is 0 Å². The molecule has 0 aliphatic carbocycles. The highest BCUT2D eigenvalue weighted by molar-refractivity contribution is 7.71. The summed E-state index contributed by atoms with van der Waals surface area (Å²) in [5, 5.41) is 0. The third-order valence-corrected chi connectivity index (χ3v) is 2.81. The fraction of sp³-hybridized carbons (Fsp3) is 0.545. The van der Waals surface area contributed by atoms with E-state index in [1.54, 1.807) is 0 Å². The van der Waals surface area contributed by atoms with Crippen molar-refractivity contribution in [2.75, 3.05) is 0 Å². The summed E-state index contributed by atoms with van der Waals surface area (Å²) < 4.78 is 2.73. The number of hydrogen-bond donors (Lipinski definition) is 1. The molecule has 0 atom stereocenters. The first-order chi connectivity index (χ1) is 7.50. The van der Waals surface area contributed by atoms with Crippen LogP contribution in [0, 0.1) is 4.77 Å². The molecule has 0 aromatic carbocycles. The number of hydrogen-bond acceptors (Lipinski definition) is 3. The summed E-state index contributed by atoms with van der Waals surface area (Å²) in [5.41, 5.74) is 1.81. The van der Waals surface area contributed by atoms with Gasteiger partial charge in [-0.1, -0.05) is 13.8 Å². The van der Waals surface area contributed by atoms with Gasteiger partial charge >= 0.3 is 0 Å². The Morgan fingerprint density at radius 2 is 2.00 bits per heavy atom. The van der Waals surface area contributed by atoms with Crippen LogP contribution in [0.25, 0.3) is 11.2 Å². The normalized spacial score (nSPS) is 11.9. The Hall–Kier alpha value is -1.23. The molecule has 0 spiro atoms. The summed E-state index contributed by atoms with van der Waals surface area (Å²) in [6, 6.07) is 0.302. The van der Waals surface area contributed by atoms with Gasteiger partial charge in [-0.2, -0.15) is 0 Å². The monoisotopic (exact) mass is 236 g/mol. The van der Waals surface area contributed by atoms with Crippen LogP contribution in [0.1, 0.15) is 45.5 Å². The van der Waals surface area contributed by atoms with Crippen molar-refractivity contribution in [2.24, 2.45) is 0 Å². The SMILES string of the molecule is CC(C)c1ncc2[nH]c(=S)n(C(C)C)c2n1. The zero-order chi connectivity index (χ0) is 11.9. The highest BCUT2D eigenvalue weighted by atomic mass is 32.1. The van der Waals surface area contributed by atoms with Crippen molar-refractivity contribution in [3.8, 4) is 0 Å². The second kappa shape index (κ2) is 3.97. The van der Waals surface area contributed by atoms with E-state index < -0.39 is 0 Å². The second-order valence-electron chi connectivity index (χ2n) is 4.51. The molecule has 0 fully saturated rings.